The summed E-state index contributed by atoms with van der Waals surface area (Å²) in [6.45, 7) is 0.585. The van der Waals surface area contributed by atoms with Crippen LogP contribution in [0.3, 0.4) is 0 Å². The van der Waals surface area contributed by atoms with Crippen molar-refractivity contribution in [3.8, 4) is 0 Å². The van der Waals surface area contributed by atoms with Gasteiger partial charge in [-0.1, -0.05) is 23.7 Å². The number of nitrogens with zero attached hydrogens (tertiary/aromatic N) is 1. The fourth-order valence-electron chi connectivity index (χ4n) is 1.86. The van der Waals surface area contributed by atoms with Gasteiger partial charge in [0.25, 0.3) is 0 Å². The number of benzene rings is 1. The maximum absolute atomic E-state index is 10.4. The van der Waals surface area contributed by atoms with Crippen molar-refractivity contribution < 1.29 is 14.6 Å². The van der Waals surface area contributed by atoms with Gasteiger partial charge in [-0.25, -0.2) is 0 Å². The van der Waals surface area contributed by atoms with E-state index >= 15 is 0 Å². The van der Waals surface area contributed by atoms with Gasteiger partial charge in [0.2, 0.25) is 0 Å². The first-order valence-corrected chi connectivity index (χ1v) is 6.17. The quantitative estimate of drug-likeness (QED) is 0.892. The molecular formula is C13H14ClNO3. The highest BCUT2D eigenvalue weighted by molar-refractivity contribution is 6.30. The van der Waals surface area contributed by atoms with Crippen LogP contribution in [-0.2, 0) is 16.0 Å². The molecule has 0 aliphatic carbocycles. The molecule has 1 aliphatic rings. The van der Waals surface area contributed by atoms with Crippen LogP contribution in [0.5, 0.6) is 0 Å². The predicted octanol–water partition coefficient (Wildman–Crippen LogP) is 2.54. The SMILES string of the molecule is O=C(O)CCC1=NCC(Cc2cccc(Cl)c2)O1. The fourth-order valence-corrected chi connectivity index (χ4v) is 2.07. The van der Waals surface area contributed by atoms with Crippen LogP contribution in [0.2, 0.25) is 5.02 Å². The van der Waals surface area contributed by atoms with Crippen molar-refractivity contribution in [2.75, 3.05) is 6.54 Å². The zero-order valence-electron chi connectivity index (χ0n) is 9.80. The van der Waals surface area contributed by atoms with Gasteiger partial charge in [-0.2, -0.15) is 0 Å². The molecule has 1 atom stereocenters. The molecule has 0 bridgehead atoms. The maximum atomic E-state index is 10.4. The molecule has 5 heteroatoms. The summed E-state index contributed by atoms with van der Waals surface area (Å²) in [5.74, 6) is -0.288. The zero-order chi connectivity index (χ0) is 13.0. The minimum atomic E-state index is -0.834. The number of aliphatic imine (C=N–C) groups is 1. The lowest BCUT2D eigenvalue weighted by atomic mass is 10.1. The smallest absolute Gasteiger partial charge is 0.303 e. The summed E-state index contributed by atoms with van der Waals surface area (Å²) in [5.41, 5.74) is 1.10. The summed E-state index contributed by atoms with van der Waals surface area (Å²) in [5, 5.41) is 9.29. The fraction of sp³-hybridized carbons (Fsp3) is 0.385. The molecule has 1 aromatic rings. The van der Waals surface area contributed by atoms with Crippen molar-refractivity contribution in [3.05, 3.63) is 34.9 Å². The topological polar surface area (TPSA) is 58.9 Å². The molecule has 2 rings (SSSR count). The number of halogens is 1. The molecular weight excluding hydrogens is 254 g/mol. The van der Waals surface area contributed by atoms with Gasteiger partial charge in [-0.3, -0.25) is 9.79 Å². The van der Waals surface area contributed by atoms with Crippen LogP contribution in [0.15, 0.2) is 29.3 Å². The Balaban J connectivity index is 1.82. The van der Waals surface area contributed by atoms with Crippen LogP contribution in [-0.4, -0.2) is 29.6 Å². The molecule has 0 saturated carbocycles. The van der Waals surface area contributed by atoms with E-state index in [0.717, 1.165) is 12.0 Å². The molecule has 0 saturated heterocycles. The van der Waals surface area contributed by atoms with Crippen LogP contribution < -0.4 is 0 Å². The average molecular weight is 268 g/mol. The van der Waals surface area contributed by atoms with Crippen LogP contribution >= 0.6 is 11.6 Å². The molecule has 18 heavy (non-hydrogen) atoms. The maximum Gasteiger partial charge on any atom is 0.303 e. The molecule has 0 spiro atoms. The Labute approximate surface area is 110 Å². The van der Waals surface area contributed by atoms with Gasteiger partial charge in [0.1, 0.15) is 6.10 Å². The van der Waals surface area contributed by atoms with Gasteiger partial charge >= 0.3 is 5.97 Å². The monoisotopic (exact) mass is 267 g/mol. The number of carbonyl (C=O) groups is 1. The van der Waals surface area contributed by atoms with E-state index in [0.29, 0.717) is 23.9 Å². The predicted molar refractivity (Wildman–Crippen MR) is 69.2 cm³/mol. The van der Waals surface area contributed by atoms with Crippen molar-refractivity contribution in [1.82, 2.24) is 0 Å². The molecule has 0 aromatic heterocycles. The Kier molecular flexibility index (Phi) is 4.20. The lowest BCUT2D eigenvalue weighted by Crippen LogP contribution is -2.16. The third kappa shape index (κ3) is 3.74. The number of ether oxygens (including phenoxy) is 1. The van der Waals surface area contributed by atoms with Gasteiger partial charge in [0.15, 0.2) is 5.90 Å². The highest BCUT2D eigenvalue weighted by Gasteiger charge is 2.20. The summed E-state index contributed by atoms with van der Waals surface area (Å²) in [6.07, 6.45) is 1.15. The molecule has 1 aromatic carbocycles. The Morgan fingerprint density at radius 1 is 1.56 bits per heavy atom. The van der Waals surface area contributed by atoms with Gasteiger partial charge < -0.3 is 9.84 Å². The number of carboxylic acids is 1. The van der Waals surface area contributed by atoms with Crippen molar-refractivity contribution in [3.63, 3.8) is 0 Å². The molecule has 1 N–H and O–H groups in total. The van der Waals surface area contributed by atoms with E-state index in [9.17, 15) is 4.79 Å². The molecule has 1 heterocycles. The van der Waals surface area contributed by atoms with E-state index in [1.165, 1.54) is 0 Å². The second kappa shape index (κ2) is 5.87. The third-order valence-electron chi connectivity index (χ3n) is 2.68. The average Bonchev–Trinajstić information content (AvgIpc) is 2.74. The molecule has 0 radical (unpaired) electrons. The molecule has 1 aliphatic heterocycles. The van der Waals surface area contributed by atoms with Crippen molar-refractivity contribution >= 4 is 23.5 Å². The van der Waals surface area contributed by atoms with E-state index in [4.69, 9.17) is 21.4 Å². The van der Waals surface area contributed by atoms with Gasteiger partial charge in [0.05, 0.1) is 13.0 Å². The second-order valence-corrected chi connectivity index (χ2v) is 4.64. The summed E-state index contributed by atoms with van der Waals surface area (Å²) in [6, 6.07) is 7.62. The second-order valence-electron chi connectivity index (χ2n) is 4.20. The Morgan fingerprint density at radius 3 is 3.11 bits per heavy atom. The number of aliphatic carboxylic acids is 1. The molecule has 0 amide bonds. The van der Waals surface area contributed by atoms with E-state index < -0.39 is 5.97 Å². The first kappa shape index (κ1) is 12.9. The standard InChI is InChI=1S/C13H14ClNO3/c14-10-3-1-2-9(6-10)7-11-8-15-12(18-11)4-5-13(16)17/h1-3,6,11H,4-5,7-8H2,(H,16,17). The largest absolute Gasteiger partial charge is 0.481 e. The molecule has 96 valence electrons. The van der Waals surface area contributed by atoms with Crippen LogP contribution in [0, 0.1) is 0 Å². The first-order chi connectivity index (χ1) is 8.63. The van der Waals surface area contributed by atoms with E-state index in [1.807, 2.05) is 24.3 Å². The Morgan fingerprint density at radius 2 is 2.39 bits per heavy atom. The summed E-state index contributed by atoms with van der Waals surface area (Å²) < 4.78 is 5.60. The van der Waals surface area contributed by atoms with E-state index in [2.05, 4.69) is 4.99 Å². The number of rotatable bonds is 5. The lowest BCUT2D eigenvalue weighted by Gasteiger charge is -2.11. The molecule has 4 nitrogen and oxygen atoms in total. The zero-order valence-corrected chi connectivity index (χ0v) is 10.6. The van der Waals surface area contributed by atoms with Crippen LogP contribution in [0.4, 0.5) is 0 Å². The number of hydrogen-bond donors (Lipinski definition) is 1. The summed E-state index contributed by atoms with van der Waals surface area (Å²) >= 11 is 5.91. The normalized spacial score (nSPS) is 18.3. The van der Waals surface area contributed by atoms with Gasteiger partial charge in [-0.05, 0) is 17.7 Å². The van der Waals surface area contributed by atoms with Crippen molar-refractivity contribution in [2.24, 2.45) is 4.99 Å². The summed E-state index contributed by atoms with van der Waals surface area (Å²) in [7, 11) is 0. The summed E-state index contributed by atoms with van der Waals surface area (Å²) in [4.78, 5) is 14.6. The highest BCUT2D eigenvalue weighted by Crippen LogP contribution is 2.17. The number of carboxylic acid groups (broad SMARTS) is 1. The van der Waals surface area contributed by atoms with Crippen molar-refractivity contribution in [2.45, 2.75) is 25.4 Å². The van der Waals surface area contributed by atoms with Gasteiger partial charge in [0, 0.05) is 17.9 Å². The van der Waals surface area contributed by atoms with Gasteiger partial charge in [-0.15, -0.1) is 0 Å². The first-order valence-electron chi connectivity index (χ1n) is 5.79. The van der Waals surface area contributed by atoms with Crippen LogP contribution in [0.25, 0.3) is 0 Å². The van der Waals surface area contributed by atoms with Crippen molar-refractivity contribution in [1.29, 1.82) is 0 Å². The van der Waals surface area contributed by atoms with Crippen LogP contribution in [0.1, 0.15) is 18.4 Å². The molecule has 0 fully saturated rings. The number of hydrogen-bond acceptors (Lipinski definition) is 3. The molecule has 1 unspecified atom stereocenters. The Bertz CT molecular complexity index is 473. The lowest BCUT2D eigenvalue weighted by molar-refractivity contribution is -0.136. The van der Waals surface area contributed by atoms with E-state index in [-0.39, 0.29) is 12.5 Å². The minimum Gasteiger partial charge on any atom is -0.481 e. The van der Waals surface area contributed by atoms with E-state index in [1.54, 1.807) is 0 Å². The Hall–Kier alpha value is -1.55. The highest BCUT2D eigenvalue weighted by atomic mass is 35.5. The third-order valence-corrected chi connectivity index (χ3v) is 2.91. The minimum absolute atomic E-state index is 0.00717.